The first-order valence-electron chi connectivity index (χ1n) is 12.9. The zero-order valence-electron chi connectivity index (χ0n) is 21.8. The van der Waals surface area contributed by atoms with Crippen LogP contribution in [0.3, 0.4) is 0 Å². The number of halogens is 1. The number of anilines is 2. The molecular formula is C31H33BrN2O4. The predicted octanol–water partition coefficient (Wildman–Crippen LogP) is 5.89. The quantitative estimate of drug-likeness (QED) is 0.305. The van der Waals surface area contributed by atoms with Gasteiger partial charge in [-0.1, -0.05) is 78.3 Å². The van der Waals surface area contributed by atoms with Crippen molar-refractivity contribution in [3.8, 4) is 0 Å². The molecule has 6 nitrogen and oxygen atoms in total. The second-order valence-corrected chi connectivity index (χ2v) is 11.0. The summed E-state index contributed by atoms with van der Waals surface area (Å²) in [6, 6.07) is 22.2. The molecule has 0 heterocycles. The van der Waals surface area contributed by atoms with Crippen molar-refractivity contribution in [3.05, 3.63) is 94.0 Å². The van der Waals surface area contributed by atoms with Gasteiger partial charge in [-0.05, 0) is 60.7 Å². The molecule has 0 aliphatic heterocycles. The number of hydrogen-bond acceptors (Lipinski definition) is 4. The lowest BCUT2D eigenvalue weighted by atomic mass is 9.61. The molecule has 3 aromatic carbocycles. The molecule has 4 unspecified atom stereocenters. The third kappa shape index (κ3) is 5.74. The van der Waals surface area contributed by atoms with Crippen LogP contribution in [0, 0.1) is 11.8 Å². The summed E-state index contributed by atoms with van der Waals surface area (Å²) in [6.45, 7) is 5.50. The number of carbonyl (C=O) groups excluding carboxylic acids is 3. The molecule has 4 atom stereocenters. The number of amides is 2. The molecule has 3 aromatic rings. The molecule has 0 spiro atoms. The number of aliphatic hydroxyl groups is 1. The van der Waals surface area contributed by atoms with Crippen molar-refractivity contribution >= 4 is 44.9 Å². The molecule has 0 saturated heterocycles. The Labute approximate surface area is 232 Å². The first-order chi connectivity index (χ1) is 18.2. The lowest BCUT2D eigenvalue weighted by Crippen LogP contribution is -2.56. The van der Waals surface area contributed by atoms with Crippen molar-refractivity contribution in [2.24, 2.45) is 11.8 Å². The Bertz CT molecular complexity index is 1350. The fourth-order valence-corrected chi connectivity index (χ4v) is 5.94. The molecule has 0 aromatic heterocycles. The van der Waals surface area contributed by atoms with Gasteiger partial charge in [0.1, 0.15) is 11.7 Å². The highest BCUT2D eigenvalue weighted by Gasteiger charge is 2.56. The van der Waals surface area contributed by atoms with E-state index in [1.807, 2.05) is 62.4 Å². The fourth-order valence-electron chi connectivity index (χ4n) is 5.53. The normalized spacial score (nSPS) is 23.1. The van der Waals surface area contributed by atoms with Gasteiger partial charge in [-0.25, -0.2) is 0 Å². The lowest BCUT2D eigenvalue weighted by molar-refractivity contribution is -0.150. The standard InChI is InChI=1S/C31H33BrN2O4/c1-4-19-11-6-8-15-23(19)33-29(36)27-25(35)18-31(3,38)28(26(27)21-13-10-14-22(32)17-21)30(37)34-24-16-9-7-12-20(24)5-2/h6-17,26-28,38H,4-5,18H2,1-3H3,(H,33,36)(H,34,37). The van der Waals surface area contributed by atoms with Gasteiger partial charge in [0.2, 0.25) is 11.8 Å². The molecule has 1 saturated carbocycles. The van der Waals surface area contributed by atoms with E-state index >= 15 is 0 Å². The second kappa shape index (κ2) is 11.6. The average molecular weight is 578 g/mol. The van der Waals surface area contributed by atoms with Crippen LogP contribution in [0.25, 0.3) is 0 Å². The van der Waals surface area contributed by atoms with Crippen LogP contribution >= 0.6 is 15.9 Å². The zero-order chi connectivity index (χ0) is 27.4. The Morgan fingerprint density at radius 3 is 2.00 bits per heavy atom. The Balaban J connectivity index is 1.79. The van der Waals surface area contributed by atoms with E-state index in [2.05, 4.69) is 26.6 Å². The van der Waals surface area contributed by atoms with Crippen LogP contribution in [0.2, 0.25) is 0 Å². The maximum atomic E-state index is 13.9. The van der Waals surface area contributed by atoms with E-state index in [1.165, 1.54) is 6.92 Å². The van der Waals surface area contributed by atoms with Gasteiger partial charge in [0, 0.05) is 28.2 Å². The summed E-state index contributed by atoms with van der Waals surface area (Å²) >= 11 is 3.48. The zero-order valence-corrected chi connectivity index (χ0v) is 23.4. The summed E-state index contributed by atoms with van der Waals surface area (Å²) in [5.74, 6) is -4.41. The largest absolute Gasteiger partial charge is 0.389 e. The van der Waals surface area contributed by atoms with Crippen LogP contribution in [-0.2, 0) is 27.2 Å². The highest BCUT2D eigenvalue weighted by molar-refractivity contribution is 9.10. The maximum Gasteiger partial charge on any atom is 0.235 e. The number of aryl methyl sites for hydroxylation is 2. The summed E-state index contributed by atoms with van der Waals surface area (Å²) in [4.78, 5) is 41.3. The van der Waals surface area contributed by atoms with Crippen molar-refractivity contribution in [2.45, 2.75) is 51.6 Å². The molecule has 0 bridgehead atoms. The first-order valence-corrected chi connectivity index (χ1v) is 13.7. The molecule has 4 rings (SSSR count). The Kier molecular flexibility index (Phi) is 8.48. The fraction of sp³-hybridized carbons (Fsp3) is 0.323. The van der Waals surface area contributed by atoms with Gasteiger partial charge in [-0.2, -0.15) is 0 Å². The topological polar surface area (TPSA) is 95.5 Å². The number of hydrogen-bond donors (Lipinski definition) is 3. The minimum atomic E-state index is -1.66. The summed E-state index contributed by atoms with van der Waals surface area (Å²) in [5.41, 5.74) is 2.15. The summed E-state index contributed by atoms with van der Waals surface area (Å²) < 4.78 is 0.749. The minimum absolute atomic E-state index is 0.307. The molecule has 0 radical (unpaired) electrons. The van der Waals surface area contributed by atoms with E-state index in [0.29, 0.717) is 29.8 Å². The van der Waals surface area contributed by atoms with E-state index in [9.17, 15) is 19.5 Å². The van der Waals surface area contributed by atoms with Crippen LogP contribution in [0.4, 0.5) is 11.4 Å². The predicted molar refractivity (Wildman–Crippen MR) is 153 cm³/mol. The molecule has 2 amide bonds. The summed E-state index contributed by atoms with van der Waals surface area (Å²) in [5, 5.41) is 17.5. The first kappa shape index (κ1) is 27.7. The van der Waals surface area contributed by atoms with Crippen LogP contribution in [0.15, 0.2) is 77.3 Å². The van der Waals surface area contributed by atoms with E-state index in [1.54, 1.807) is 24.3 Å². The third-order valence-corrected chi connectivity index (χ3v) is 7.87. The Morgan fingerprint density at radius 1 is 0.895 bits per heavy atom. The number of ketones is 1. The number of para-hydroxylation sites is 2. The SMILES string of the molecule is CCc1ccccc1NC(=O)C1C(=O)CC(C)(O)C(C(=O)Nc2ccccc2CC)C1c1cccc(Br)c1. The van der Waals surface area contributed by atoms with Crippen LogP contribution in [-0.4, -0.2) is 28.3 Å². The smallest absolute Gasteiger partial charge is 0.235 e. The van der Waals surface area contributed by atoms with Gasteiger partial charge in [0.15, 0.2) is 0 Å². The Morgan fingerprint density at radius 2 is 1.45 bits per heavy atom. The van der Waals surface area contributed by atoms with Gasteiger partial charge in [0.25, 0.3) is 0 Å². The number of carbonyl (C=O) groups is 3. The summed E-state index contributed by atoms with van der Waals surface area (Å²) in [6.07, 6.45) is 1.12. The van der Waals surface area contributed by atoms with Gasteiger partial charge in [0.05, 0.1) is 11.5 Å². The molecular weight excluding hydrogens is 544 g/mol. The van der Waals surface area contributed by atoms with Gasteiger partial charge in [-0.3, -0.25) is 14.4 Å². The minimum Gasteiger partial charge on any atom is -0.389 e. The number of nitrogens with one attached hydrogen (secondary N) is 2. The molecule has 1 aliphatic carbocycles. The highest BCUT2D eigenvalue weighted by Crippen LogP contribution is 2.47. The maximum absolute atomic E-state index is 13.9. The van der Waals surface area contributed by atoms with Crippen molar-refractivity contribution in [2.75, 3.05) is 10.6 Å². The van der Waals surface area contributed by atoms with Crippen LogP contribution in [0.5, 0.6) is 0 Å². The second-order valence-electron chi connectivity index (χ2n) is 10.0. The number of Topliss-reactive ketones (excluding diaryl/α,β-unsaturated/α-hetero) is 1. The van der Waals surface area contributed by atoms with Gasteiger partial charge >= 0.3 is 0 Å². The van der Waals surface area contributed by atoms with Crippen molar-refractivity contribution in [1.29, 1.82) is 0 Å². The highest BCUT2D eigenvalue weighted by atomic mass is 79.9. The van der Waals surface area contributed by atoms with Crippen molar-refractivity contribution in [3.63, 3.8) is 0 Å². The lowest BCUT2D eigenvalue weighted by Gasteiger charge is -2.44. The monoisotopic (exact) mass is 576 g/mol. The van der Waals surface area contributed by atoms with E-state index < -0.39 is 41.0 Å². The number of rotatable bonds is 7. The van der Waals surface area contributed by atoms with Gasteiger partial charge in [-0.15, -0.1) is 0 Å². The third-order valence-electron chi connectivity index (χ3n) is 7.38. The van der Waals surface area contributed by atoms with E-state index in [4.69, 9.17) is 0 Å². The van der Waals surface area contributed by atoms with Gasteiger partial charge < -0.3 is 15.7 Å². The van der Waals surface area contributed by atoms with E-state index in [0.717, 1.165) is 15.6 Å². The van der Waals surface area contributed by atoms with Crippen molar-refractivity contribution in [1.82, 2.24) is 0 Å². The Hall–Kier alpha value is -3.29. The van der Waals surface area contributed by atoms with Crippen LogP contribution in [0.1, 0.15) is 49.8 Å². The molecule has 7 heteroatoms. The van der Waals surface area contributed by atoms with Crippen molar-refractivity contribution < 1.29 is 19.5 Å². The summed E-state index contributed by atoms with van der Waals surface area (Å²) in [7, 11) is 0. The molecule has 3 N–H and O–H groups in total. The average Bonchev–Trinajstić information content (AvgIpc) is 2.88. The van der Waals surface area contributed by atoms with Crippen LogP contribution < -0.4 is 10.6 Å². The molecule has 1 aliphatic rings. The molecule has 38 heavy (non-hydrogen) atoms. The number of benzene rings is 3. The van der Waals surface area contributed by atoms with E-state index in [-0.39, 0.29) is 6.42 Å². The molecule has 1 fully saturated rings. The molecule has 198 valence electrons.